The van der Waals surface area contributed by atoms with E-state index >= 15 is 0 Å². The molecule has 0 atom stereocenters. The van der Waals surface area contributed by atoms with Crippen molar-refractivity contribution in [2.75, 3.05) is 7.11 Å². The quantitative estimate of drug-likeness (QED) is 0.754. The van der Waals surface area contributed by atoms with Crippen LogP contribution in [0.3, 0.4) is 0 Å². The molecule has 2 aromatic heterocycles. The van der Waals surface area contributed by atoms with Gasteiger partial charge in [0.15, 0.2) is 0 Å². The molecule has 1 aromatic carbocycles. The first-order chi connectivity index (χ1) is 10.6. The third kappa shape index (κ3) is 2.53. The van der Waals surface area contributed by atoms with Gasteiger partial charge in [0.1, 0.15) is 10.7 Å². The lowest BCUT2D eigenvalue weighted by Gasteiger charge is -2.03. The number of aryl methyl sites for hydroxylation is 1. The van der Waals surface area contributed by atoms with E-state index in [1.807, 2.05) is 13.0 Å². The second-order valence-corrected chi connectivity index (χ2v) is 5.88. The first kappa shape index (κ1) is 14.5. The van der Waals surface area contributed by atoms with Crippen LogP contribution in [0.2, 0.25) is 0 Å². The molecule has 0 saturated carbocycles. The number of rotatable bonds is 3. The van der Waals surface area contributed by atoms with Gasteiger partial charge in [-0.2, -0.15) is 0 Å². The Bertz CT molecular complexity index is 894. The van der Waals surface area contributed by atoms with Crippen LogP contribution >= 0.6 is 11.3 Å². The first-order valence-corrected chi connectivity index (χ1v) is 7.65. The summed E-state index contributed by atoms with van der Waals surface area (Å²) in [4.78, 5) is 32.8. The van der Waals surface area contributed by atoms with Crippen LogP contribution in [-0.2, 0) is 11.2 Å². The third-order valence-corrected chi connectivity index (χ3v) is 4.55. The topological polar surface area (TPSA) is 72.0 Å². The average molecular weight is 314 g/mol. The summed E-state index contributed by atoms with van der Waals surface area (Å²) in [5.74, 6) is 0.104. The number of thiophene rings is 1. The van der Waals surface area contributed by atoms with Crippen LogP contribution < -0.4 is 5.56 Å². The number of benzene rings is 1. The number of esters is 1. The SMILES string of the molecule is CCc1cc2c(=O)[nH]c(-c3ccc(C(=O)OC)cc3)nc2s1. The Labute approximate surface area is 130 Å². The average Bonchev–Trinajstić information content (AvgIpc) is 2.98. The molecule has 0 aliphatic carbocycles. The zero-order valence-corrected chi connectivity index (χ0v) is 13.0. The molecule has 1 N–H and O–H groups in total. The highest BCUT2D eigenvalue weighted by Crippen LogP contribution is 2.24. The molecule has 112 valence electrons. The minimum absolute atomic E-state index is 0.145. The lowest BCUT2D eigenvalue weighted by Crippen LogP contribution is -2.08. The van der Waals surface area contributed by atoms with E-state index in [1.165, 1.54) is 18.4 Å². The first-order valence-electron chi connectivity index (χ1n) is 6.84. The maximum atomic E-state index is 12.2. The summed E-state index contributed by atoms with van der Waals surface area (Å²) in [6.45, 7) is 2.05. The zero-order chi connectivity index (χ0) is 15.7. The van der Waals surface area contributed by atoms with Gasteiger partial charge in [-0.25, -0.2) is 9.78 Å². The number of aromatic nitrogens is 2. The third-order valence-electron chi connectivity index (χ3n) is 3.38. The van der Waals surface area contributed by atoms with Crippen molar-refractivity contribution < 1.29 is 9.53 Å². The smallest absolute Gasteiger partial charge is 0.337 e. The van der Waals surface area contributed by atoms with E-state index in [9.17, 15) is 9.59 Å². The second-order valence-electron chi connectivity index (χ2n) is 4.77. The van der Waals surface area contributed by atoms with Crippen LogP contribution in [-0.4, -0.2) is 23.0 Å². The molecular formula is C16H14N2O3S. The molecule has 6 heteroatoms. The molecule has 22 heavy (non-hydrogen) atoms. The largest absolute Gasteiger partial charge is 0.465 e. The van der Waals surface area contributed by atoms with Crippen molar-refractivity contribution in [2.45, 2.75) is 13.3 Å². The standard InChI is InChI=1S/C16H14N2O3S/c1-3-11-8-12-14(19)17-13(18-15(12)22-11)9-4-6-10(7-5-9)16(20)21-2/h4-8H,3H2,1-2H3,(H,17,18,19). The normalized spacial score (nSPS) is 10.8. The number of methoxy groups -OCH3 is 1. The van der Waals surface area contributed by atoms with Gasteiger partial charge in [-0.3, -0.25) is 4.79 Å². The van der Waals surface area contributed by atoms with E-state index in [2.05, 4.69) is 14.7 Å². The number of ether oxygens (including phenoxy) is 1. The number of carbonyl (C=O) groups is 1. The van der Waals surface area contributed by atoms with E-state index in [-0.39, 0.29) is 5.56 Å². The van der Waals surface area contributed by atoms with Gasteiger partial charge >= 0.3 is 5.97 Å². The van der Waals surface area contributed by atoms with Gasteiger partial charge in [0, 0.05) is 10.4 Å². The van der Waals surface area contributed by atoms with Crippen molar-refractivity contribution in [2.24, 2.45) is 0 Å². The van der Waals surface area contributed by atoms with Crippen molar-refractivity contribution in [3.63, 3.8) is 0 Å². The van der Waals surface area contributed by atoms with Crippen molar-refractivity contribution in [3.05, 3.63) is 51.1 Å². The Kier molecular flexibility index (Phi) is 3.77. The lowest BCUT2D eigenvalue weighted by atomic mass is 10.1. The highest BCUT2D eigenvalue weighted by Gasteiger charge is 2.10. The molecule has 0 fully saturated rings. The predicted molar refractivity (Wildman–Crippen MR) is 86.4 cm³/mol. The fraction of sp³-hybridized carbons (Fsp3) is 0.188. The van der Waals surface area contributed by atoms with Crippen LogP contribution in [0.5, 0.6) is 0 Å². The molecule has 3 aromatic rings. The van der Waals surface area contributed by atoms with E-state index in [4.69, 9.17) is 0 Å². The van der Waals surface area contributed by atoms with Gasteiger partial charge in [0.2, 0.25) is 0 Å². The number of hydrogen-bond acceptors (Lipinski definition) is 5. The molecule has 0 aliphatic rings. The Morgan fingerprint density at radius 3 is 2.68 bits per heavy atom. The summed E-state index contributed by atoms with van der Waals surface area (Å²) >= 11 is 1.53. The summed E-state index contributed by atoms with van der Waals surface area (Å²) in [6.07, 6.45) is 0.879. The summed E-state index contributed by atoms with van der Waals surface area (Å²) in [6, 6.07) is 8.67. The number of nitrogens with zero attached hydrogens (tertiary/aromatic N) is 1. The molecule has 3 rings (SSSR count). The summed E-state index contributed by atoms with van der Waals surface area (Å²) < 4.78 is 4.66. The number of aromatic amines is 1. The number of fused-ring (bicyclic) bond motifs is 1. The van der Waals surface area contributed by atoms with Gasteiger partial charge in [-0.05, 0) is 24.6 Å². The van der Waals surface area contributed by atoms with E-state index in [1.54, 1.807) is 24.3 Å². The Balaban J connectivity index is 2.06. The Morgan fingerprint density at radius 2 is 2.05 bits per heavy atom. The van der Waals surface area contributed by atoms with Crippen LogP contribution in [0.1, 0.15) is 22.2 Å². The molecule has 0 aliphatic heterocycles. The number of carbonyl (C=O) groups excluding carboxylic acids is 1. The number of hydrogen-bond donors (Lipinski definition) is 1. The monoisotopic (exact) mass is 314 g/mol. The molecule has 2 heterocycles. The molecule has 0 amide bonds. The fourth-order valence-electron chi connectivity index (χ4n) is 2.17. The molecule has 0 bridgehead atoms. The van der Waals surface area contributed by atoms with Gasteiger partial charge in [0.05, 0.1) is 18.1 Å². The van der Waals surface area contributed by atoms with E-state index in [0.29, 0.717) is 16.8 Å². The predicted octanol–water partition coefficient (Wildman–Crippen LogP) is 3.00. The lowest BCUT2D eigenvalue weighted by molar-refractivity contribution is 0.0601. The molecule has 0 saturated heterocycles. The van der Waals surface area contributed by atoms with Gasteiger partial charge in [0.25, 0.3) is 5.56 Å². The van der Waals surface area contributed by atoms with Gasteiger partial charge < -0.3 is 9.72 Å². The number of H-pyrrole nitrogens is 1. The number of nitrogens with one attached hydrogen (secondary N) is 1. The Hall–Kier alpha value is -2.47. The summed E-state index contributed by atoms with van der Waals surface area (Å²) in [5, 5.41) is 0.622. The van der Waals surface area contributed by atoms with Crippen molar-refractivity contribution in [1.29, 1.82) is 0 Å². The fourth-order valence-corrected chi connectivity index (χ4v) is 3.14. The maximum absolute atomic E-state index is 12.2. The van der Waals surface area contributed by atoms with Crippen LogP contribution in [0.4, 0.5) is 0 Å². The van der Waals surface area contributed by atoms with E-state index in [0.717, 1.165) is 21.7 Å². The van der Waals surface area contributed by atoms with Gasteiger partial charge in [-0.15, -0.1) is 11.3 Å². The van der Waals surface area contributed by atoms with Crippen molar-refractivity contribution in [3.8, 4) is 11.4 Å². The minimum Gasteiger partial charge on any atom is -0.465 e. The van der Waals surface area contributed by atoms with Crippen LogP contribution in [0.25, 0.3) is 21.6 Å². The molecule has 0 radical (unpaired) electrons. The van der Waals surface area contributed by atoms with Crippen molar-refractivity contribution in [1.82, 2.24) is 9.97 Å². The van der Waals surface area contributed by atoms with E-state index < -0.39 is 5.97 Å². The Morgan fingerprint density at radius 1 is 1.32 bits per heavy atom. The van der Waals surface area contributed by atoms with Crippen LogP contribution in [0.15, 0.2) is 35.1 Å². The highest BCUT2D eigenvalue weighted by molar-refractivity contribution is 7.18. The second kappa shape index (κ2) is 5.73. The highest BCUT2D eigenvalue weighted by atomic mass is 32.1. The molecular weight excluding hydrogens is 300 g/mol. The van der Waals surface area contributed by atoms with Crippen LogP contribution in [0, 0.1) is 0 Å². The summed E-state index contributed by atoms with van der Waals surface area (Å²) in [5.41, 5.74) is 1.06. The molecule has 0 unspecified atom stereocenters. The van der Waals surface area contributed by atoms with Crippen molar-refractivity contribution >= 4 is 27.5 Å². The maximum Gasteiger partial charge on any atom is 0.337 e. The molecule has 5 nitrogen and oxygen atoms in total. The van der Waals surface area contributed by atoms with Gasteiger partial charge in [-0.1, -0.05) is 19.1 Å². The minimum atomic E-state index is -0.394. The molecule has 0 spiro atoms. The summed E-state index contributed by atoms with van der Waals surface area (Å²) in [7, 11) is 1.34. The zero-order valence-electron chi connectivity index (χ0n) is 12.2.